The molecule has 2 rings (SSSR count). The van der Waals surface area contributed by atoms with Crippen LogP contribution < -0.4 is 4.74 Å². The number of aromatic hydroxyl groups is 1. The van der Waals surface area contributed by atoms with Crippen LogP contribution in [0.3, 0.4) is 0 Å². The Bertz CT molecular complexity index is 656. The van der Waals surface area contributed by atoms with E-state index in [2.05, 4.69) is 4.90 Å². The zero-order valence-electron chi connectivity index (χ0n) is 16.1. The van der Waals surface area contributed by atoms with Crippen molar-refractivity contribution in [3.05, 3.63) is 23.8 Å². The number of rotatable bonds is 6. The summed E-state index contributed by atoms with van der Waals surface area (Å²) in [5, 5.41) is 25.0. The summed E-state index contributed by atoms with van der Waals surface area (Å²) in [6, 6.07) is 5.58. The average Bonchev–Trinajstić information content (AvgIpc) is 2.66. The van der Waals surface area contributed by atoms with Gasteiger partial charge in [0.25, 0.3) is 0 Å². The first-order chi connectivity index (χ1) is 13.3. The first-order valence-corrected chi connectivity index (χ1v) is 9.08. The fraction of sp³-hybridized carbons (Fsp3) is 0.526. The molecule has 0 spiro atoms. The van der Waals surface area contributed by atoms with Crippen molar-refractivity contribution >= 4 is 17.9 Å². The van der Waals surface area contributed by atoms with Crippen molar-refractivity contribution in [2.45, 2.75) is 33.2 Å². The number of esters is 1. The SMILES string of the molecule is CCOC(=O)C1CCN(Cc2cccc(OCC)c2O)CC1.O=C(O)C(=O)O. The van der Waals surface area contributed by atoms with E-state index in [4.69, 9.17) is 29.3 Å². The van der Waals surface area contributed by atoms with Gasteiger partial charge in [-0.25, -0.2) is 9.59 Å². The molecule has 3 N–H and O–H groups in total. The third-order valence-electron chi connectivity index (χ3n) is 4.17. The Labute approximate surface area is 163 Å². The van der Waals surface area contributed by atoms with Crippen LogP contribution in [0.2, 0.25) is 0 Å². The molecule has 1 aliphatic rings. The number of carboxylic acid groups (broad SMARTS) is 2. The van der Waals surface area contributed by atoms with E-state index in [1.165, 1.54) is 0 Å². The normalized spacial score (nSPS) is 14.5. The molecule has 1 fully saturated rings. The van der Waals surface area contributed by atoms with Crippen LogP contribution in [-0.4, -0.2) is 64.4 Å². The zero-order chi connectivity index (χ0) is 21.1. The van der Waals surface area contributed by atoms with Gasteiger partial charge in [0.05, 0.1) is 19.1 Å². The van der Waals surface area contributed by atoms with Crippen LogP contribution in [-0.2, 0) is 25.7 Å². The Morgan fingerprint density at radius 2 is 1.68 bits per heavy atom. The van der Waals surface area contributed by atoms with Crippen molar-refractivity contribution in [3.63, 3.8) is 0 Å². The summed E-state index contributed by atoms with van der Waals surface area (Å²) >= 11 is 0. The number of para-hydroxylation sites is 1. The van der Waals surface area contributed by atoms with Crippen molar-refractivity contribution < 1.29 is 39.2 Å². The fourth-order valence-electron chi connectivity index (χ4n) is 2.80. The van der Waals surface area contributed by atoms with Gasteiger partial charge in [-0.3, -0.25) is 9.69 Å². The van der Waals surface area contributed by atoms with Gasteiger partial charge in [0.2, 0.25) is 0 Å². The van der Waals surface area contributed by atoms with Crippen LogP contribution in [0.4, 0.5) is 0 Å². The average molecular weight is 397 g/mol. The number of nitrogens with zero attached hydrogens (tertiary/aromatic N) is 1. The maximum Gasteiger partial charge on any atom is 0.414 e. The zero-order valence-corrected chi connectivity index (χ0v) is 16.1. The summed E-state index contributed by atoms with van der Waals surface area (Å²) in [4.78, 5) is 32.2. The standard InChI is InChI=1S/C17H25NO4.C2H2O4/c1-3-21-15-7-5-6-14(16(15)19)12-18-10-8-13(9-11-18)17(20)22-4-2;3-1(4)2(5)6/h5-7,13,19H,3-4,8-12H2,1-2H3;(H,3,4)(H,5,6). The number of piperidine rings is 1. The molecule has 1 aromatic carbocycles. The molecule has 1 aliphatic heterocycles. The smallest absolute Gasteiger partial charge is 0.414 e. The summed E-state index contributed by atoms with van der Waals surface area (Å²) in [5.74, 6) is -2.97. The maximum absolute atomic E-state index is 11.7. The molecule has 1 aromatic rings. The molecular formula is C19H27NO8. The number of hydrogen-bond donors (Lipinski definition) is 3. The van der Waals surface area contributed by atoms with Crippen molar-refractivity contribution in [2.24, 2.45) is 5.92 Å². The minimum atomic E-state index is -1.82. The Balaban J connectivity index is 0.000000568. The molecule has 0 bridgehead atoms. The molecule has 0 unspecified atom stereocenters. The molecule has 28 heavy (non-hydrogen) atoms. The largest absolute Gasteiger partial charge is 0.504 e. The van der Waals surface area contributed by atoms with Crippen LogP contribution >= 0.6 is 0 Å². The lowest BCUT2D eigenvalue weighted by Gasteiger charge is -2.31. The number of ether oxygens (including phenoxy) is 2. The number of likely N-dealkylation sites (tertiary alicyclic amines) is 1. The molecule has 1 saturated heterocycles. The number of carbonyl (C=O) groups excluding carboxylic acids is 1. The van der Waals surface area contributed by atoms with Crippen molar-refractivity contribution in [1.82, 2.24) is 4.90 Å². The highest BCUT2D eigenvalue weighted by atomic mass is 16.5. The summed E-state index contributed by atoms with van der Waals surface area (Å²) in [7, 11) is 0. The molecule has 0 aliphatic carbocycles. The predicted octanol–water partition coefficient (Wildman–Crippen LogP) is 1.72. The van der Waals surface area contributed by atoms with Crippen molar-refractivity contribution in [2.75, 3.05) is 26.3 Å². The van der Waals surface area contributed by atoms with Crippen LogP contribution in [0.25, 0.3) is 0 Å². The topological polar surface area (TPSA) is 134 Å². The van der Waals surface area contributed by atoms with Gasteiger partial charge in [-0.15, -0.1) is 0 Å². The molecule has 1 heterocycles. The predicted molar refractivity (Wildman–Crippen MR) is 99.2 cm³/mol. The lowest BCUT2D eigenvalue weighted by atomic mass is 9.96. The number of benzene rings is 1. The van der Waals surface area contributed by atoms with Gasteiger partial charge in [0, 0.05) is 12.1 Å². The van der Waals surface area contributed by atoms with Gasteiger partial charge in [-0.2, -0.15) is 0 Å². The number of hydrogen-bond acceptors (Lipinski definition) is 7. The van der Waals surface area contributed by atoms with Gasteiger partial charge >= 0.3 is 17.9 Å². The summed E-state index contributed by atoms with van der Waals surface area (Å²) in [6.45, 7) is 7.04. The number of phenolic OH excluding ortho intramolecular Hbond substituents is 1. The monoisotopic (exact) mass is 397 g/mol. The summed E-state index contributed by atoms with van der Waals surface area (Å²) < 4.78 is 10.5. The second kappa shape index (κ2) is 11.8. The molecule has 9 heteroatoms. The molecule has 0 radical (unpaired) electrons. The highest BCUT2D eigenvalue weighted by Gasteiger charge is 2.26. The summed E-state index contributed by atoms with van der Waals surface area (Å²) in [6.07, 6.45) is 1.62. The van der Waals surface area contributed by atoms with E-state index in [9.17, 15) is 9.90 Å². The minimum absolute atomic E-state index is 0.0135. The van der Waals surface area contributed by atoms with Crippen molar-refractivity contribution in [3.8, 4) is 11.5 Å². The Morgan fingerprint density at radius 3 is 2.18 bits per heavy atom. The van der Waals surface area contributed by atoms with Crippen LogP contribution in [0, 0.1) is 5.92 Å². The highest BCUT2D eigenvalue weighted by Crippen LogP contribution is 2.31. The first-order valence-electron chi connectivity index (χ1n) is 9.08. The Hall–Kier alpha value is -2.81. The van der Waals surface area contributed by atoms with E-state index in [-0.39, 0.29) is 17.6 Å². The molecule has 9 nitrogen and oxygen atoms in total. The maximum atomic E-state index is 11.7. The lowest BCUT2D eigenvalue weighted by Crippen LogP contribution is -2.36. The molecule has 0 saturated carbocycles. The van der Waals surface area contributed by atoms with E-state index in [1.807, 2.05) is 26.0 Å². The third kappa shape index (κ3) is 7.43. The van der Waals surface area contributed by atoms with Crippen LogP contribution in [0.1, 0.15) is 32.3 Å². The number of carboxylic acids is 2. The molecular weight excluding hydrogens is 370 g/mol. The number of carbonyl (C=O) groups is 3. The van der Waals surface area contributed by atoms with Gasteiger partial charge in [0.1, 0.15) is 0 Å². The Morgan fingerprint density at radius 1 is 1.07 bits per heavy atom. The molecule has 0 aromatic heterocycles. The van der Waals surface area contributed by atoms with Gasteiger partial charge in [0.15, 0.2) is 11.5 Å². The second-order valence-electron chi connectivity index (χ2n) is 6.11. The molecule has 156 valence electrons. The minimum Gasteiger partial charge on any atom is -0.504 e. The van der Waals surface area contributed by atoms with Gasteiger partial charge < -0.3 is 24.8 Å². The van der Waals surface area contributed by atoms with E-state index in [1.54, 1.807) is 6.07 Å². The number of phenols is 1. The quantitative estimate of drug-likeness (QED) is 0.484. The molecule has 0 atom stereocenters. The van der Waals surface area contributed by atoms with Crippen molar-refractivity contribution in [1.29, 1.82) is 0 Å². The van der Waals surface area contributed by atoms with Gasteiger partial charge in [-0.1, -0.05) is 12.1 Å². The number of aliphatic carboxylic acids is 2. The van der Waals surface area contributed by atoms with E-state index >= 15 is 0 Å². The van der Waals surface area contributed by atoms with Gasteiger partial charge in [-0.05, 0) is 45.8 Å². The van der Waals surface area contributed by atoms with E-state index in [0.29, 0.717) is 25.5 Å². The van der Waals surface area contributed by atoms with Crippen LogP contribution in [0.5, 0.6) is 11.5 Å². The third-order valence-corrected chi connectivity index (χ3v) is 4.17. The summed E-state index contributed by atoms with van der Waals surface area (Å²) in [5.41, 5.74) is 0.862. The lowest BCUT2D eigenvalue weighted by molar-refractivity contribution is -0.159. The first kappa shape index (κ1) is 23.2. The van der Waals surface area contributed by atoms with E-state index < -0.39 is 11.9 Å². The van der Waals surface area contributed by atoms with Crippen LogP contribution in [0.15, 0.2) is 18.2 Å². The second-order valence-corrected chi connectivity index (χ2v) is 6.11. The Kier molecular flexibility index (Phi) is 9.80. The fourth-order valence-corrected chi connectivity index (χ4v) is 2.80. The highest BCUT2D eigenvalue weighted by molar-refractivity contribution is 6.27. The molecule has 0 amide bonds. The van der Waals surface area contributed by atoms with E-state index in [0.717, 1.165) is 31.5 Å².